The van der Waals surface area contributed by atoms with Gasteiger partial charge in [-0.25, -0.2) is 14.4 Å². The molecule has 0 radical (unpaired) electrons. The molecule has 0 bridgehead atoms. The predicted molar refractivity (Wildman–Crippen MR) is 114 cm³/mol. The number of rotatable bonds is 8. The van der Waals surface area contributed by atoms with Gasteiger partial charge in [-0.3, -0.25) is 4.79 Å². The summed E-state index contributed by atoms with van der Waals surface area (Å²) in [7, 11) is 0. The Labute approximate surface area is 179 Å². The van der Waals surface area contributed by atoms with Crippen LogP contribution in [0.15, 0.2) is 48.1 Å². The number of benzene rings is 1. The molecule has 0 aliphatic carbocycles. The molecule has 0 saturated heterocycles. The molecule has 4 rings (SSSR count). The SMILES string of the molecule is CCc1nccn1CC(=O)NCC1CC(c2ccc(-n3ccnc3CC)c(F)c2)=NO1. The van der Waals surface area contributed by atoms with Crippen LogP contribution in [-0.2, 0) is 29.0 Å². The summed E-state index contributed by atoms with van der Waals surface area (Å²) < 4.78 is 18.3. The first-order valence-electron chi connectivity index (χ1n) is 10.4. The van der Waals surface area contributed by atoms with Gasteiger partial charge in [-0.2, -0.15) is 0 Å². The van der Waals surface area contributed by atoms with Crippen molar-refractivity contribution >= 4 is 11.6 Å². The maximum absolute atomic E-state index is 14.8. The number of hydrogen-bond acceptors (Lipinski definition) is 5. The first-order chi connectivity index (χ1) is 15.1. The number of carbonyl (C=O) groups excluding carboxylic acids is 1. The van der Waals surface area contributed by atoms with Gasteiger partial charge in [0.25, 0.3) is 0 Å². The first-order valence-corrected chi connectivity index (χ1v) is 10.4. The number of carbonyl (C=O) groups is 1. The van der Waals surface area contributed by atoms with E-state index in [1.54, 1.807) is 35.4 Å². The van der Waals surface area contributed by atoms with Crippen LogP contribution in [-0.4, -0.2) is 43.4 Å². The van der Waals surface area contributed by atoms with Crippen molar-refractivity contribution in [3.05, 3.63) is 66.0 Å². The number of halogens is 1. The molecule has 3 heterocycles. The van der Waals surface area contributed by atoms with E-state index in [-0.39, 0.29) is 24.4 Å². The normalized spacial score (nSPS) is 15.6. The molecule has 0 fully saturated rings. The largest absolute Gasteiger partial charge is 0.390 e. The van der Waals surface area contributed by atoms with Crippen LogP contribution in [0.25, 0.3) is 5.69 Å². The number of aromatic nitrogens is 4. The topological polar surface area (TPSA) is 86.3 Å². The molecule has 8 nitrogen and oxygen atoms in total. The fourth-order valence-corrected chi connectivity index (χ4v) is 3.64. The fourth-order valence-electron chi connectivity index (χ4n) is 3.64. The van der Waals surface area contributed by atoms with E-state index < -0.39 is 0 Å². The maximum Gasteiger partial charge on any atom is 0.240 e. The molecule has 1 amide bonds. The molecule has 1 atom stereocenters. The molecule has 1 aromatic carbocycles. The summed E-state index contributed by atoms with van der Waals surface area (Å²) in [5.41, 5.74) is 1.78. The summed E-state index contributed by atoms with van der Waals surface area (Å²) >= 11 is 0. The third kappa shape index (κ3) is 4.50. The van der Waals surface area contributed by atoms with Gasteiger partial charge in [-0.05, 0) is 12.1 Å². The van der Waals surface area contributed by atoms with Crippen molar-refractivity contribution in [1.82, 2.24) is 24.4 Å². The number of amides is 1. The fraction of sp³-hybridized carbons (Fsp3) is 0.364. The van der Waals surface area contributed by atoms with Crippen molar-refractivity contribution in [3.8, 4) is 5.69 Å². The van der Waals surface area contributed by atoms with E-state index >= 15 is 0 Å². The van der Waals surface area contributed by atoms with Crippen LogP contribution in [0.1, 0.15) is 37.5 Å². The summed E-state index contributed by atoms with van der Waals surface area (Å²) in [5.74, 6) is 1.19. The molecule has 0 spiro atoms. The number of aryl methyl sites for hydroxylation is 2. The maximum atomic E-state index is 14.8. The molecule has 162 valence electrons. The van der Waals surface area contributed by atoms with E-state index in [4.69, 9.17) is 4.84 Å². The van der Waals surface area contributed by atoms with Crippen molar-refractivity contribution in [2.45, 2.75) is 45.8 Å². The van der Waals surface area contributed by atoms with Gasteiger partial charge in [-0.1, -0.05) is 25.1 Å². The molecule has 2 aromatic heterocycles. The van der Waals surface area contributed by atoms with Gasteiger partial charge >= 0.3 is 0 Å². The molecular formula is C22H25FN6O2. The molecule has 9 heteroatoms. The van der Waals surface area contributed by atoms with Crippen molar-refractivity contribution < 1.29 is 14.0 Å². The Bertz CT molecular complexity index is 1100. The van der Waals surface area contributed by atoms with Gasteiger partial charge in [-0.15, -0.1) is 0 Å². The predicted octanol–water partition coefficient (Wildman–Crippen LogP) is 2.64. The molecule has 1 aliphatic rings. The Balaban J connectivity index is 1.33. The summed E-state index contributed by atoms with van der Waals surface area (Å²) in [6.07, 6.45) is 8.58. The first kappa shape index (κ1) is 20.8. The molecule has 31 heavy (non-hydrogen) atoms. The van der Waals surface area contributed by atoms with E-state index in [2.05, 4.69) is 20.4 Å². The average Bonchev–Trinajstić information content (AvgIpc) is 3.52. The van der Waals surface area contributed by atoms with Crippen molar-refractivity contribution in [2.24, 2.45) is 5.16 Å². The standard InChI is InChI=1S/C22H25FN6O2/c1-3-20-24-7-9-28(20)14-22(30)26-13-16-12-18(27-31-16)15-5-6-19(17(23)11-15)29-10-8-25-21(29)4-2/h5-11,16H,3-4,12-14H2,1-2H3,(H,26,30). The van der Waals surface area contributed by atoms with Gasteiger partial charge in [0, 0.05) is 49.6 Å². The van der Waals surface area contributed by atoms with Gasteiger partial charge in [0.05, 0.1) is 17.9 Å². The zero-order chi connectivity index (χ0) is 21.8. The van der Waals surface area contributed by atoms with Gasteiger partial charge in [0.15, 0.2) is 0 Å². The third-order valence-electron chi connectivity index (χ3n) is 5.27. The van der Waals surface area contributed by atoms with Crippen LogP contribution in [0.4, 0.5) is 4.39 Å². The highest BCUT2D eigenvalue weighted by Gasteiger charge is 2.24. The molecule has 3 aromatic rings. The van der Waals surface area contributed by atoms with Crippen LogP contribution in [0, 0.1) is 5.82 Å². The van der Waals surface area contributed by atoms with Crippen molar-refractivity contribution in [2.75, 3.05) is 6.54 Å². The van der Waals surface area contributed by atoms with E-state index in [1.165, 1.54) is 6.07 Å². The minimum absolute atomic E-state index is 0.118. The van der Waals surface area contributed by atoms with Gasteiger partial charge < -0.3 is 19.3 Å². The number of nitrogens with one attached hydrogen (secondary N) is 1. The van der Waals surface area contributed by atoms with Gasteiger partial charge in [0.2, 0.25) is 5.91 Å². The smallest absolute Gasteiger partial charge is 0.240 e. The lowest BCUT2D eigenvalue weighted by Crippen LogP contribution is -2.34. The Kier molecular flexibility index (Phi) is 6.11. The number of nitrogens with zero attached hydrogens (tertiary/aromatic N) is 5. The second-order valence-electron chi connectivity index (χ2n) is 7.33. The van der Waals surface area contributed by atoms with Crippen LogP contribution in [0.3, 0.4) is 0 Å². The zero-order valence-electron chi connectivity index (χ0n) is 17.6. The lowest BCUT2D eigenvalue weighted by Gasteiger charge is -2.11. The van der Waals surface area contributed by atoms with Crippen molar-refractivity contribution in [3.63, 3.8) is 0 Å². The monoisotopic (exact) mass is 424 g/mol. The van der Waals surface area contributed by atoms with Crippen LogP contribution >= 0.6 is 0 Å². The Hall–Kier alpha value is -3.49. The minimum Gasteiger partial charge on any atom is -0.390 e. The molecule has 0 saturated carbocycles. The quantitative estimate of drug-likeness (QED) is 0.602. The van der Waals surface area contributed by atoms with E-state index in [0.29, 0.717) is 36.3 Å². The Morgan fingerprint density at radius 3 is 2.74 bits per heavy atom. The summed E-state index contributed by atoms with van der Waals surface area (Å²) in [6.45, 7) is 4.52. The van der Waals surface area contributed by atoms with Gasteiger partial charge in [0.1, 0.15) is 30.1 Å². The van der Waals surface area contributed by atoms with E-state index in [1.807, 2.05) is 24.5 Å². The molecule has 1 aliphatic heterocycles. The Morgan fingerprint density at radius 2 is 1.97 bits per heavy atom. The third-order valence-corrected chi connectivity index (χ3v) is 5.27. The lowest BCUT2D eigenvalue weighted by molar-refractivity contribution is -0.122. The molecule has 1 unspecified atom stereocenters. The second kappa shape index (κ2) is 9.11. The number of hydrogen-bond donors (Lipinski definition) is 1. The second-order valence-corrected chi connectivity index (χ2v) is 7.33. The van der Waals surface area contributed by atoms with E-state index in [9.17, 15) is 9.18 Å². The summed E-state index contributed by atoms with van der Waals surface area (Å²) in [4.78, 5) is 26.1. The summed E-state index contributed by atoms with van der Waals surface area (Å²) in [5, 5.41) is 6.97. The summed E-state index contributed by atoms with van der Waals surface area (Å²) in [6, 6.07) is 5.01. The lowest BCUT2D eigenvalue weighted by atomic mass is 10.0. The minimum atomic E-state index is -0.350. The highest BCUT2D eigenvalue weighted by molar-refractivity contribution is 6.01. The molecule has 1 N–H and O–H groups in total. The zero-order valence-corrected chi connectivity index (χ0v) is 17.6. The van der Waals surface area contributed by atoms with Crippen LogP contribution < -0.4 is 5.32 Å². The molecular weight excluding hydrogens is 399 g/mol. The van der Waals surface area contributed by atoms with Crippen LogP contribution in [0.2, 0.25) is 0 Å². The van der Waals surface area contributed by atoms with Crippen molar-refractivity contribution in [1.29, 1.82) is 0 Å². The average molecular weight is 424 g/mol. The highest BCUT2D eigenvalue weighted by Crippen LogP contribution is 2.21. The number of imidazole rings is 2. The Morgan fingerprint density at radius 1 is 1.19 bits per heavy atom. The number of oxime groups is 1. The highest BCUT2D eigenvalue weighted by atomic mass is 19.1. The van der Waals surface area contributed by atoms with E-state index in [0.717, 1.165) is 18.1 Å². The van der Waals surface area contributed by atoms with Crippen LogP contribution in [0.5, 0.6) is 0 Å².